The van der Waals surface area contributed by atoms with Gasteiger partial charge in [0.25, 0.3) is 0 Å². The lowest BCUT2D eigenvalue weighted by molar-refractivity contribution is 0.0734. The van der Waals surface area contributed by atoms with Gasteiger partial charge in [-0.1, -0.05) is 96.6 Å². The Morgan fingerprint density at radius 2 is 1.23 bits per heavy atom. The van der Waals surface area contributed by atoms with E-state index in [0.717, 1.165) is 36.5 Å². The second-order valence-corrected chi connectivity index (χ2v) is 10.5. The summed E-state index contributed by atoms with van der Waals surface area (Å²) < 4.78 is 11.5. The van der Waals surface area contributed by atoms with Crippen molar-refractivity contribution in [1.29, 1.82) is 0 Å². The molecule has 0 aliphatic rings. The van der Waals surface area contributed by atoms with Crippen molar-refractivity contribution < 1.29 is 14.3 Å². The van der Waals surface area contributed by atoms with Crippen molar-refractivity contribution in [2.75, 3.05) is 6.61 Å². The number of benzene rings is 2. The second-order valence-electron chi connectivity index (χ2n) is 10.5. The van der Waals surface area contributed by atoms with Gasteiger partial charge in [0, 0.05) is 5.56 Å². The first kappa shape index (κ1) is 30.4. The summed E-state index contributed by atoms with van der Waals surface area (Å²) in [6, 6.07) is 19.2. The Balaban J connectivity index is 1.38. The van der Waals surface area contributed by atoms with Gasteiger partial charge in [0.2, 0.25) is 0 Å². The zero-order valence-electron chi connectivity index (χ0n) is 24.1. The molecule has 1 aromatic heterocycles. The van der Waals surface area contributed by atoms with Gasteiger partial charge in [-0.3, -0.25) is 4.98 Å². The minimum atomic E-state index is -0.339. The third-order valence-corrected chi connectivity index (χ3v) is 7.12. The zero-order chi connectivity index (χ0) is 27.5. The molecule has 0 N–H and O–H groups in total. The van der Waals surface area contributed by atoms with Crippen molar-refractivity contribution in [2.45, 2.75) is 104 Å². The van der Waals surface area contributed by atoms with Gasteiger partial charge < -0.3 is 9.47 Å². The standard InChI is InChI=1S/C35H47NO3/c1-3-5-7-9-10-11-13-15-27-38-33-25-26-34(36-28-33)30-21-23-32(24-22-30)39-35(37)31-19-17-29(18-20-31)16-14-12-8-6-4-2/h17-26,28H,3-16,27H2,1-2H3. The minimum absolute atomic E-state index is 0.339. The van der Waals surface area contributed by atoms with Crippen LogP contribution in [0.4, 0.5) is 0 Å². The molecule has 0 amide bonds. The van der Waals surface area contributed by atoms with Crippen molar-refractivity contribution in [1.82, 2.24) is 4.98 Å². The Hall–Kier alpha value is -3.14. The van der Waals surface area contributed by atoms with Gasteiger partial charge in [-0.25, -0.2) is 4.79 Å². The summed E-state index contributed by atoms with van der Waals surface area (Å²) in [5.41, 5.74) is 3.66. The van der Waals surface area contributed by atoms with Gasteiger partial charge >= 0.3 is 5.97 Å². The van der Waals surface area contributed by atoms with Crippen molar-refractivity contribution in [3.8, 4) is 22.8 Å². The Morgan fingerprint density at radius 1 is 0.641 bits per heavy atom. The number of carbonyl (C=O) groups excluding carboxylic acids is 1. The van der Waals surface area contributed by atoms with E-state index in [0.29, 0.717) is 11.3 Å². The molecule has 0 fully saturated rings. The molecule has 0 saturated heterocycles. The first-order valence-corrected chi connectivity index (χ1v) is 15.2. The maximum absolute atomic E-state index is 12.6. The van der Waals surface area contributed by atoms with Crippen LogP contribution < -0.4 is 9.47 Å². The molecule has 210 valence electrons. The lowest BCUT2D eigenvalue weighted by atomic mass is 10.0. The van der Waals surface area contributed by atoms with Crippen LogP contribution in [0.5, 0.6) is 11.5 Å². The van der Waals surface area contributed by atoms with Crippen LogP contribution in [0.15, 0.2) is 66.9 Å². The predicted molar refractivity (Wildman–Crippen MR) is 162 cm³/mol. The van der Waals surface area contributed by atoms with E-state index in [1.54, 1.807) is 6.20 Å². The van der Waals surface area contributed by atoms with Gasteiger partial charge in [-0.15, -0.1) is 0 Å². The number of esters is 1. The Morgan fingerprint density at radius 3 is 1.85 bits per heavy atom. The molecule has 0 unspecified atom stereocenters. The van der Waals surface area contributed by atoms with E-state index < -0.39 is 0 Å². The van der Waals surface area contributed by atoms with E-state index in [-0.39, 0.29) is 5.97 Å². The van der Waals surface area contributed by atoms with Crippen LogP contribution in [0.2, 0.25) is 0 Å². The van der Waals surface area contributed by atoms with Crippen LogP contribution in [-0.2, 0) is 6.42 Å². The summed E-state index contributed by atoms with van der Waals surface area (Å²) in [4.78, 5) is 17.2. The lowest BCUT2D eigenvalue weighted by Gasteiger charge is -2.08. The number of pyridine rings is 1. The van der Waals surface area contributed by atoms with Gasteiger partial charge in [-0.05, 0) is 73.4 Å². The third-order valence-electron chi connectivity index (χ3n) is 7.12. The fourth-order valence-corrected chi connectivity index (χ4v) is 4.66. The first-order chi connectivity index (χ1) is 19.2. The molecule has 0 aliphatic heterocycles. The summed E-state index contributed by atoms with van der Waals surface area (Å²) in [5.74, 6) is 0.984. The van der Waals surface area contributed by atoms with Gasteiger partial charge in [0.1, 0.15) is 11.5 Å². The molecule has 0 spiro atoms. The van der Waals surface area contributed by atoms with Gasteiger partial charge in [0.05, 0.1) is 24.1 Å². The molecule has 0 atom stereocenters. The van der Waals surface area contributed by atoms with Crippen molar-refractivity contribution in [3.05, 3.63) is 78.0 Å². The quantitative estimate of drug-likeness (QED) is 0.0880. The maximum Gasteiger partial charge on any atom is 0.343 e. The van der Waals surface area contributed by atoms with Crippen LogP contribution in [-0.4, -0.2) is 17.6 Å². The summed E-state index contributed by atoms with van der Waals surface area (Å²) in [7, 11) is 0. The number of ether oxygens (including phenoxy) is 2. The molecular formula is C35H47NO3. The highest BCUT2D eigenvalue weighted by Crippen LogP contribution is 2.23. The number of aromatic nitrogens is 1. The number of aryl methyl sites for hydroxylation is 1. The molecule has 4 heteroatoms. The molecule has 0 radical (unpaired) electrons. The third kappa shape index (κ3) is 11.6. The number of hydrogen-bond donors (Lipinski definition) is 0. The highest BCUT2D eigenvalue weighted by atomic mass is 16.5. The normalized spacial score (nSPS) is 10.9. The Labute approximate surface area is 236 Å². The predicted octanol–water partition coefficient (Wildman–Crippen LogP) is 10.0. The van der Waals surface area contributed by atoms with E-state index in [9.17, 15) is 4.79 Å². The average Bonchev–Trinajstić information content (AvgIpc) is 2.97. The van der Waals surface area contributed by atoms with E-state index in [4.69, 9.17) is 9.47 Å². The molecule has 2 aromatic carbocycles. The maximum atomic E-state index is 12.6. The number of rotatable bonds is 19. The van der Waals surface area contributed by atoms with Gasteiger partial charge in [0.15, 0.2) is 0 Å². The summed E-state index contributed by atoms with van der Waals surface area (Å²) in [6.07, 6.45) is 19.5. The van der Waals surface area contributed by atoms with E-state index in [1.807, 2.05) is 60.7 Å². The van der Waals surface area contributed by atoms with Crippen LogP contribution >= 0.6 is 0 Å². The van der Waals surface area contributed by atoms with Crippen LogP contribution in [0.3, 0.4) is 0 Å². The molecule has 1 heterocycles. The monoisotopic (exact) mass is 529 g/mol. The number of unbranched alkanes of at least 4 members (excludes halogenated alkanes) is 11. The second kappa shape index (κ2) is 18.2. The molecule has 4 nitrogen and oxygen atoms in total. The van der Waals surface area contributed by atoms with E-state index >= 15 is 0 Å². The van der Waals surface area contributed by atoms with Crippen molar-refractivity contribution in [2.24, 2.45) is 0 Å². The van der Waals surface area contributed by atoms with Crippen molar-refractivity contribution >= 4 is 5.97 Å². The lowest BCUT2D eigenvalue weighted by Crippen LogP contribution is -2.08. The smallest absolute Gasteiger partial charge is 0.343 e. The molecule has 0 saturated carbocycles. The number of hydrogen-bond acceptors (Lipinski definition) is 4. The fourth-order valence-electron chi connectivity index (χ4n) is 4.66. The van der Waals surface area contributed by atoms with Gasteiger partial charge in [-0.2, -0.15) is 0 Å². The van der Waals surface area contributed by atoms with Crippen molar-refractivity contribution in [3.63, 3.8) is 0 Å². The summed E-state index contributed by atoms with van der Waals surface area (Å²) in [6.45, 7) is 5.22. The van der Waals surface area contributed by atoms with E-state index in [1.165, 1.54) is 82.6 Å². The highest BCUT2D eigenvalue weighted by Gasteiger charge is 2.09. The van der Waals surface area contributed by atoms with Crippen LogP contribution in [0.25, 0.3) is 11.3 Å². The van der Waals surface area contributed by atoms with E-state index in [2.05, 4.69) is 18.8 Å². The largest absolute Gasteiger partial charge is 0.492 e. The summed E-state index contributed by atoms with van der Waals surface area (Å²) >= 11 is 0. The highest BCUT2D eigenvalue weighted by molar-refractivity contribution is 5.91. The Kier molecular flexibility index (Phi) is 14.2. The first-order valence-electron chi connectivity index (χ1n) is 15.2. The molecule has 3 aromatic rings. The molecule has 39 heavy (non-hydrogen) atoms. The number of carbonyl (C=O) groups is 1. The Bertz CT molecular complexity index is 1060. The molecule has 3 rings (SSSR count). The molecule has 0 aliphatic carbocycles. The fraction of sp³-hybridized carbons (Fsp3) is 0.486. The van der Waals surface area contributed by atoms with Crippen LogP contribution in [0, 0.1) is 0 Å². The SMILES string of the molecule is CCCCCCCCCCOc1ccc(-c2ccc(OC(=O)c3ccc(CCCCCCC)cc3)cc2)nc1. The van der Waals surface area contributed by atoms with Crippen LogP contribution in [0.1, 0.15) is 113 Å². The topological polar surface area (TPSA) is 48.4 Å². The average molecular weight is 530 g/mol. The zero-order valence-corrected chi connectivity index (χ0v) is 24.1. The molecular weight excluding hydrogens is 482 g/mol. The summed E-state index contributed by atoms with van der Waals surface area (Å²) in [5, 5.41) is 0. The number of nitrogens with zero attached hydrogens (tertiary/aromatic N) is 1. The minimum Gasteiger partial charge on any atom is -0.492 e. The molecule has 0 bridgehead atoms.